The first kappa shape index (κ1) is 17.9. The van der Waals surface area contributed by atoms with Gasteiger partial charge in [-0.1, -0.05) is 0 Å². The fourth-order valence-electron chi connectivity index (χ4n) is 2.61. The third-order valence-corrected chi connectivity index (χ3v) is 4.08. The molecule has 1 N–H and O–H groups in total. The maximum Gasteiger partial charge on any atom is 0.238 e. The molecule has 0 bridgehead atoms. The SMILES string of the molecule is CC(=O)c1ccc(NC(=O)CN(C)Cc2c(C)nn(C)c2C)cc1. The average Bonchev–Trinajstić information content (AvgIpc) is 2.74. The predicted molar refractivity (Wildman–Crippen MR) is 94.1 cm³/mol. The predicted octanol–water partition coefficient (Wildman–Crippen LogP) is 2.31. The van der Waals surface area contributed by atoms with Crippen LogP contribution in [0.5, 0.6) is 0 Å². The number of nitrogens with one attached hydrogen (secondary N) is 1. The molecular weight excluding hydrogens is 304 g/mol. The first-order chi connectivity index (χ1) is 11.3. The number of anilines is 1. The minimum absolute atomic E-state index is 0.00909. The van der Waals surface area contributed by atoms with Crippen molar-refractivity contribution in [2.45, 2.75) is 27.3 Å². The minimum atomic E-state index is -0.0905. The summed E-state index contributed by atoms with van der Waals surface area (Å²) in [7, 11) is 3.83. The highest BCUT2D eigenvalue weighted by Crippen LogP contribution is 2.14. The van der Waals surface area contributed by atoms with Gasteiger partial charge in [0.25, 0.3) is 0 Å². The summed E-state index contributed by atoms with van der Waals surface area (Å²) in [6.45, 7) is 6.47. The Balaban J connectivity index is 1.92. The lowest BCUT2D eigenvalue weighted by molar-refractivity contribution is -0.117. The van der Waals surface area contributed by atoms with Crippen molar-refractivity contribution in [3.05, 3.63) is 46.8 Å². The zero-order valence-corrected chi connectivity index (χ0v) is 14.9. The summed E-state index contributed by atoms with van der Waals surface area (Å²) in [5, 5.41) is 7.24. The maximum atomic E-state index is 12.2. The Morgan fingerprint density at radius 2 is 1.83 bits per heavy atom. The molecule has 1 aromatic heterocycles. The molecule has 0 saturated heterocycles. The molecule has 2 rings (SSSR count). The number of nitrogens with zero attached hydrogens (tertiary/aromatic N) is 3. The van der Waals surface area contributed by atoms with Crippen molar-refractivity contribution in [3.63, 3.8) is 0 Å². The molecule has 24 heavy (non-hydrogen) atoms. The first-order valence-corrected chi connectivity index (χ1v) is 7.86. The monoisotopic (exact) mass is 328 g/mol. The number of Topliss-reactive ketones (excluding diaryl/α,β-unsaturated/α-hetero) is 1. The summed E-state index contributed by atoms with van der Waals surface area (Å²) in [5.74, 6) is -0.0814. The van der Waals surface area contributed by atoms with Gasteiger partial charge in [-0.3, -0.25) is 19.2 Å². The minimum Gasteiger partial charge on any atom is -0.325 e. The van der Waals surface area contributed by atoms with Crippen molar-refractivity contribution in [2.75, 3.05) is 18.9 Å². The van der Waals surface area contributed by atoms with Gasteiger partial charge in [0.1, 0.15) is 0 Å². The van der Waals surface area contributed by atoms with Crippen LogP contribution in [0.1, 0.15) is 34.2 Å². The van der Waals surface area contributed by atoms with Gasteiger partial charge in [0, 0.05) is 36.1 Å². The molecule has 6 nitrogen and oxygen atoms in total. The van der Waals surface area contributed by atoms with Gasteiger partial charge in [-0.15, -0.1) is 0 Å². The summed E-state index contributed by atoms with van der Waals surface area (Å²) in [5.41, 5.74) is 4.57. The zero-order valence-electron chi connectivity index (χ0n) is 14.9. The molecule has 0 fully saturated rings. The van der Waals surface area contributed by atoms with Crippen LogP contribution in [0.3, 0.4) is 0 Å². The van der Waals surface area contributed by atoms with Crippen LogP contribution in [0.2, 0.25) is 0 Å². The van der Waals surface area contributed by atoms with Gasteiger partial charge < -0.3 is 5.32 Å². The summed E-state index contributed by atoms with van der Waals surface area (Å²) in [4.78, 5) is 25.4. The second-order valence-corrected chi connectivity index (χ2v) is 6.13. The van der Waals surface area contributed by atoms with Crippen LogP contribution in [-0.2, 0) is 18.4 Å². The van der Waals surface area contributed by atoms with Crippen LogP contribution >= 0.6 is 0 Å². The highest BCUT2D eigenvalue weighted by atomic mass is 16.2. The van der Waals surface area contributed by atoms with Crippen molar-refractivity contribution >= 4 is 17.4 Å². The second-order valence-electron chi connectivity index (χ2n) is 6.13. The number of carbonyl (C=O) groups is 2. The van der Waals surface area contributed by atoms with E-state index in [9.17, 15) is 9.59 Å². The fourth-order valence-corrected chi connectivity index (χ4v) is 2.61. The second kappa shape index (κ2) is 7.40. The Morgan fingerprint density at radius 1 is 1.21 bits per heavy atom. The molecule has 1 amide bonds. The van der Waals surface area contributed by atoms with Gasteiger partial charge >= 0.3 is 0 Å². The summed E-state index contributed by atoms with van der Waals surface area (Å²) in [6.07, 6.45) is 0. The van der Waals surface area contributed by atoms with Crippen molar-refractivity contribution in [2.24, 2.45) is 7.05 Å². The Hall–Kier alpha value is -2.47. The van der Waals surface area contributed by atoms with Crippen LogP contribution in [0, 0.1) is 13.8 Å². The number of rotatable bonds is 6. The summed E-state index contributed by atoms with van der Waals surface area (Å²) in [6, 6.07) is 6.90. The summed E-state index contributed by atoms with van der Waals surface area (Å²) < 4.78 is 1.86. The summed E-state index contributed by atoms with van der Waals surface area (Å²) >= 11 is 0. The molecule has 0 spiro atoms. The third-order valence-electron chi connectivity index (χ3n) is 4.08. The number of amides is 1. The quantitative estimate of drug-likeness (QED) is 0.826. The molecule has 1 heterocycles. The molecule has 0 radical (unpaired) electrons. The number of hydrogen-bond donors (Lipinski definition) is 1. The van der Waals surface area contributed by atoms with E-state index >= 15 is 0 Å². The van der Waals surface area contributed by atoms with Crippen molar-refractivity contribution in [1.82, 2.24) is 14.7 Å². The lowest BCUT2D eigenvalue weighted by atomic mass is 10.1. The van der Waals surface area contributed by atoms with E-state index in [2.05, 4.69) is 10.4 Å². The van der Waals surface area contributed by atoms with Crippen molar-refractivity contribution < 1.29 is 9.59 Å². The molecule has 6 heteroatoms. The van der Waals surface area contributed by atoms with Crippen LogP contribution in [-0.4, -0.2) is 40.0 Å². The average molecular weight is 328 g/mol. The van der Waals surface area contributed by atoms with Crippen molar-refractivity contribution in [1.29, 1.82) is 0 Å². The van der Waals surface area contributed by atoms with E-state index < -0.39 is 0 Å². The number of benzene rings is 1. The number of hydrogen-bond acceptors (Lipinski definition) is 4. The molecule has 0 atom stereocenters. The van der Waals surface area contributed by atoms with Crippen LogP contribution in [0.15, 0.2) is 24.3 Å². The lowest BCUT2D eigenvalue weighted by Gasteiger charge is -2.16. The number of aryl methyl sites for hydroxylation is 2. The third kappa shape index (κ3) is 4.29. The van der Waals surface area contributed by atoms with Crippen LogP contribution in [0.25, 0.3) is 0 Å². The Kier molecular flexibility index (Phi) is 5.51. The van der Waals surface area contributed by atoms with E-state index in [4.69, 9.17) is 0 Å². The number of ketones is 1. The Labute approximate surface area is 142 Å². The highest BCUT2D eigenvalue weighted by molar-refractivity contribution is 5.96. The van der Waals surface area contributed by atoms with E-state index in [1.165, 1.54) is 6.92 Å². The van der Waals surface area contributed by atoms with Gasteiger partial charge in [-0.05, 0) is 52.1 Å². The molecule has 1 aromatic carbocycles. The van der Waals surface area contributed by atoms with E-state index in [1.54, 1.807) is 24.3 Å². The van der Waals surface area contributed by atoms with Gasteiger partial charge in [0.15, 0.2) is 5.78 Å². The van der Waals surface area contributed by atoms with Crippen molar-refractivity contribution in [3.8, 4) is 0 Å². The van der Waals surface area contributed by atoms with E-state index in [0.717, 1.165) is 17.0 Å². The molecule has 128 valence electrons. The lowest BCUT2D eigenvalue weighted by Crippen LogP contribution is -2.30. The molecule has 0 aliphatic heterocycles. The highest BCUT2D eigenvalue weighted by Gasteiger charge is 2.14. The van der Waals surface area contributed by atoms with E-state index in [0.29, 0.717) is 17.8 Å². The molecule has 0 aliphatic carbocycles. The van der Waals surface area contributed by atoms with E-state index in [1.807, 2.05) is 37.5 Å². The Bertz CT molecular complexity index is 747. The standard InChI is InChI=1S/C18H24N4O2/c1-12-17(13(2)22(5)20-12)10-21(4)11-18(24)19-16-8-6-15(7-9-16)14(3)23/h6-9H,10-11H2,1-5H3,(H,19,24). The zero-order chi connectivity index (χ0) is 17.9. The van der Waals surface area contributed by atoms with Gasteiger partial charge in [-0.2, -0.15) is 5.10 Å². The maximum absolute atomic E-state index is 12.2. The van der Waals surface area contributed by atoms with Crippen LogP contribution < -0.4 is 5.32 Å². The molecule has 0 aliphatic rings. The molecule has 0 saturated carbocycles. The van der Waals surface area contributed by atoms with Gasteiger partial charge in [0.2, 0.25) is 5.91 Å². The topological polar surface area (TPSA) is 67.2 Å². The van der Waals surface area contributed by atoms with Gasteiger partial charge in [0.05, 0.1) is 12.2 Å². The smallest absolute Gasteiger partial charge is 0.238 e. The normalized spacial score (nSPS) is 10.9. The molecular formula is C18H24N4O2. The largest absolute Gasteiger partial charge is 0.325 e. The number of likely N-dealkylation sites (N-methyl/N-ethyl adjacent to an activating group) is 1. The number of carbonyl (C=O) groups excluding carboxylic acids is 2. The first-order valence-electron chi connectivity index (χ1n) is 7.86. The molecule has 2 aromatic rings. The van der Waals surface area contributed by atoms with E-state index in [-0.39, 0.29) is 18.2 Å². The van der Waals surface area contributed by atoms with Crippen LogP contribution in [0.4, 0.5) is 5.69 Å². The number of aromatic nitrogens is 2. The Morgan fingerprint density at radius 3 is 2.33 bits per heavy atom. The molecule has 0 unspecified atom stereocenters. The fraction of sp³-hybridized carbons (Fsp3) is 0.389. The van der Waals surface area contributed by atoms with Gasteiger partial charge in [-0.25, -0.2) is 0 Å².